The molecule has 0 aliphatic heterocycles. The molecular weight excluding hydrogens is 218 g/mol. The maximum Gasteiger partial charge on any atom is 0.0353 e. The van der Waals surface area contributed by atoms with Crippen LogP contribution in [0.3, 0.4) is 0 Å². The molecule has 0 aromatic heterocycles. The van der Waals surface area contributed by atoms with Gasteiger partial charge in [0.15, 0.2) is 0 Å². The van der Waals surface area contributed by atoms with Gasteiger partial charge in [-0.1, -0.05) is 58.4 Å². The molecule has 2 unspecified atom stereocenters. The Kier molecular flexibility index (Phi) is 4.11. The van der Waals surface area contributed by atoms with Crippen molar-refractivity contribution in [3.63, 3.8) is 0 Å². The van der Waals surface area contributed by atoms with Crippen molar-refractivity contribution in [3.05, 3.63) is 35.4 Å². The van der Waals surface area contributed by atoms with E-state index < -0.39 is 0 Å². The summed E-state index contributed by atoms with van der Waals surface area (Å²) in [6.45, 7) is 10.3. The van der Waals surface area contributed by atoms with Crippen molar-refractivity contribution in [2.75, 3.05) is 6.54 Å². The predicted molar refractivity (Wildman–Crippen MR) is 78.7 cm³/mol. The van der Waals surface area contributed by atoms with Gasteiger partial charge in [0.1, 0.15) is 0 Å². The van der Waals surface area contributed by atoms with Crippen LogP contribution in [0, 0.1) is 11.3 Å². The highest BCUT2D eigenvalue weighted by molar-refractivity contribution is 5.28. The van der Waals surface area contributed by atoms with E-state index in [0.29, 0.717) is 11.5 Å². The van der Waals surface area contributed by atoms with Crippen LogP contribution in [-0.4, -0.2) is 6.54 Å². The third-order valence-electron chi connectivity index (χ3n) is 4.26. The minimum atomic E-state index is 0.521. The monoisotopic (exact) mass is 245 g/mol. The summed E-state index contributed by atoms with van der Waals surface area (Å²) in [7, 11) is 0. The van der Waals surface area contributed by atoms with Crippen LogP contribution < -0.4 is 5.32 Å². The molecule has 0 radical (unpaired) electrons. The molecule has 1 aromatic rings. The van der Waals surface area contributed by atoms with Crippen LogP contribution in [0.4, 0.5) is 0 Å². The summed E-state index contributed by atoms with van der Waals surface area (Å²) in [4.78, 5) is 0. The Hall–Kier alpha value is -0.820. The number of benzene rings is 1. The van der Waals surface area contributed by atoms with Gasteiger partial charge in [-0.05, 0) is 41.8 Å². The van der Waals surface area contributed by atoms with Crippen LogP contribution in [-0.2, 0) is 6.42 Å². The van der Waals surface area contributed by atoms with Gasteiger partial charge in [0.25, 0.3) is 0 Å². The first-order valence-corrected chi connectivity index (χ1v) is 7.40. The molecule has 2 atom stereocenters. The number of hydrogen-bond acceptors (Lipinski definition) is 1. The Labute approximate surface area is 112 Å². The van der Waals surface area contributed by atoms with Crippen molar-refractivity contribution in [3.8, 4) is 0 Å². The summed E-state index contributed by atoms with van der Waals surface area (Å²) >= 11 is 0. The molecule has 1 aromatic carbocycles. The van der Waals surface area contributed by atoms with Gasteiger partial charge < -0.3 is 5.32 Å². The molecule has 1 aliphatic carbocycles. The standard InChI is InChI=1S/C17H27N/c1-5-8-13-9-7-10-14(11-13)16(18-6-2)15-12-17(15,3)4/h7,9-11,15-16,18H,5-6,8,12H2,1-4H3. The lowest BCUT2D eigenvalue weighted by molar-refractivity contribution is 0.423. The molecule has 1 aliphatic rings. The normalized spacial score (nSPS) is 22.8. The van der Waals surface area contributed by atoms with Crippen molar-refractivity contribution >= 4 is 0 Å². The summed E-state index contributed by atoms with van der Waals surface area (Å²) in [5, 5.41) is 3.69. The summed E-state index contributed by atoms with van der Waals surface area (Å²) < 4.78 is 0. The average Bonchev–Trinajstić information content (AvgIpc) is 2.96. The fourth-order valence-electron chi connectivity index (χ4n) is 3.02. The highest BCUT2D eigenvalue weighted by Crippen LogP contribution is 2.57. The largest absolute Gasteiger partial charge is 0.310 e. The van der Waals surface area contributed by atoms with E-state index in [2.05, 4.69) is 57.3 Å². The average molecular weight is 245 g/mol. The molecule has 0 heterocycles. The maximum atomic E-state index is 3.69. The molecule has 1 fully saturated rings. The highest BCUT2D eigenvalue weighted by atomic mass is 14.9. The number of nitrogens with one attached hydrogen (secondary N) is 1. The SMILES string of the molecule is CCCc1cccc(C(NCC)C2CC2(C)C)c1. The number of hydrogen-bond donors (Lipinski definition) is 1. The molecule has 1 saturated carbocycles. The molecule has 0 bridgehead atoms. The van der Waals surface area contributed by atoms with E-state index in [1.54, 1.807) is 0 Å². The van der Waals surface area contributed by atoms with E-state index in [-0.39, 0.29) is 0 Å². The van der Waals surface area contributed by atoms with Crippen molar-refractivity contribution in [2.45, 2.75) is 53.0 Å². The smallest absolute Gasteiger partial charge is 0.0353 e. The van der Waals surface area contributed by atoms with Gasteiger partial charge in [-0.15, -0.1) is 0 Å². The second-order valence-electron chi connectivity index (χ2n) is 6.33. The van der Waals surface area contributed by atoms with Crippen LogP contribution in [0.1, 0.15) is 57.7 Å². The van der Waals surface area contributed by atoms with Crippen molar-refractivity contribution < 1.29 is 0 Å². The van der Waals surface area contributed by atoms with E-state index in [1.807, 2.05) is 0 Å². The minimum Gasteiger partial charge on any atom is -0.310 e. The molecule has 1 N–H and O–H groups in total. The summed E-state index contributed by atoms with van der Waals surface area (Å²) in [6, 6.07) is 9.72. The van der Waals surface area contributed by atoms with Crippen molar-refractivity contribution in [1.82, 2.24) is 5.32 Å². The molecular formula is C17H27N. The molecule has 2 rings (SSSR count). The maximum absolute atomic E-state index is 3.69. The topological polar surface area (TPSA) is 12.0 Å². The zero-order valence-electron chi connectivity index (χ0n) is 12.3. The lowest BCUT2D eigenvalue weighted by Gasteiger charge is -2.21. The van der Waals surface area contributed by atoms with Gasteiger partial charge in [-0.3, -0.25) is 0 Å². The fraction of sp³-hybridized carbons (Fsp3) is 0.647. The molecule has 1 heteroatoms. The van der Waals surface area contributed by atoms with Crippen LogP contribution in [0.25, 0.3) is 0 Å². The zero-order chi connectivity index (χ0) is 13.2. The molecule has 100 valence electrons. The molecule has 0 saturated heterocycles. The third-order valence-corrected chi connectivity index (χ3v) is 4.26. The quantitative estimate of drug-likeness (QED) is 0.786. The highest BCUT2D eigenvalue weighted by Gasteiger charge is 2.50. The Balaban J connectivity index is 2.17. The van der Waals surface area contributed by atoms with Crippen molar-refractivity contribution in [2.24, 2.45) is 11.3 Å². The van der Waals surface area contributed by atoms with Gasteiger partial charge >= 0.3 is 0 Å². The van der Waals surface area contributed by atoms with Crippen LogP contribution in [0.15, 0.2) is 24.3 Å². The second kappa shape index (κ2) is 5.44. The number of rotatable bonds is 6. The lowest BCUT2D eigenvalue weighted by atomic mass is 9.95. The number of aryl methyl sites for hydroxylation is 1. The van der Waals surface area contributed by atoms with Gasteiger partial charge in [-0.2, -0.15) is 0 Å². The van der Waals surface area contributed by atoms with E-state index in [4.69, 9.17) is 0 Å². The Morgan fingerprint density at radius 1 is 1.33 bits per heavy atom. The first kappa shape index (κ1) is 13.6. The van der Waals surface area contributed by atoms with Crippen LogP contribution in [0.5, 0.6) is 0 Å². The summed E-state index contributed by atoms with van der Waals surface area (Å²) in [5.41, 5.74) is 3.49. The summed E-state index contributed by atoms with van der Waals surface area (Å²) in [6.07, 6.45) is 3.77. The van der Waals surface area contributed by atoms with Gasteiger partial charge in [0.2, 0.25) is 0 Å². The molecule has 0 spiro atoms. The Bertz CT molecular complexity index is 394. The minimum absolute atomic E-state index is 0.521. The van der Waals surface area contributed by atoms with Crippen LogP contribution >= 0.6 is 0 Å². The molecule has 18 heavy (non-hydrogen) atoms. The van der Waals surface area contributed by atoms with Gasteiger partial charge in [0.05, 0.1) is 0 Å². The Morgan fingerprint density at radius 2 is 2.06 bits per heavy atom. The lowest BCUT2D eigenvalue weighted by Crippen LogP contribution is -2.24. The van der Waals surface area contributed by atoms with Crippen LogP contribution in [0.2, 0.25) is 0 Å². The zero-order valence-corrected chi connectivity index (χ0v) is 12.3. The first-order valence-electron chi connectivity index (χ1n) is 7.40. The van der Waals surface area contributed by atoms with E-state index >= 15 is 0 Å². The predicted octanol–water partition coefficient (Wildman–Crippen LogP) is 4.34. The second-order valence-corrected chi connectivity index (χ2v) is 6.33. The van der Waals surface area contributed by atoms with Crippen molar-refractivity contribution in [1.29, 1.82) is 0 Å². The van der Waals surface area contributed by atoms with E-state index in [0.717, 1.165) is 12.5 Å². The van der Waals surface area contributed by atoms with Gasteiger partial charge in [0, 0.05) is 6.04 Å². The molecule has 0 amide bonds. The third kappa shape index (κ3) is 2.95. The van der Waals surface area contributed by atoms with Gasteiger partial charge in [-0.25, -0.2) is 0 Å². The summed E-state index contributed by atoms with van der Waals surface area (Å²) in [5.74, 6) is 0.800. The fourth-order valence-corrected chi connectivity index (χ4v) is 3.02. The first-order chi connectivity index (χ1) is 8.58. The van der Waals surface area contributed by atoms with E-state index in [9.17, 15) is 0 Å². The van der Waals surface area contributed by atoms with E-state index in [1.165, 1.54) is 30.4 Å². The Morgan fingerprint density at radius 3 is 2.61 bits per heavy atom. The molecule has 1 nitrogen and oxygen atoms in total.